The second kappa shape index (κ2) is 11.9. The molecule has 0 radical (unpaired) electrons. The van der Waals surface area contributed by atoms with Crippen LogP contribution in [0.3, 0.4) is 0 Å². The molecule has 0 spiro atoms. The lowest BCUT2D eigenvalue weighted by Crippen LogP contribution is -2.22. The van der Waals surface area contributed by atoms with E-state index in [-0.39, 0.29) is 41.3 Å². The second-order valence-electron chi connectivity index (χ2n) is 12.8. The number of hydrogen-bond acceptors (Lipinski definition) is 9. The fourth-order valence-corrected chi connectivity index (χ4v) is 8.99. The number of fused-ring (bicyclic) bond motifs is 5. The van der Waals surface area contributed by atoms with Crippen LogP contribution in [0.5, 0.6) is 5.75 Å². The van der Waals surface area contributed by atoms with Gasteiger partial charge in [0.15, 0.2) is 11.6 Å². The van der Waals surface area contributed by atoms with E-state index in [9.17, 15) is 18.4 Å². The van der Waals surface area contributed by atoms with Crippen molar-refractivity contribution in [2.75, 3.05) is 19.0 Å². The van der Waals surface area contributed by atoms with Gasteiger partial charge < -0.3 is 19.4 Å². The summed E-state index contributed by atoms with van der Waals surface area (Å²) >= 11 is 1.48. The van der Waals surface area contributed by atoms with E-state index in [2.05, 4.69) is 15.5 Å². The van der Waals surface area contributed by atoms with Crippen molar-refractivity contribution < 1.29 is 22.7 Å². The summed E-state index contributed by atoms with van der Waals surface area (Å²) in [5.41, 5.74) is 5.69. The predicted molar refractivity (Wildman–Crippen MR) is 183 cm³/mol. The molecule has 2 N–H and O–H groups in total. The Labute approximate surface area is 288 Å². The Kier molecular flexibility index (Phi) is 7.27. The minimum Gasteiger partial charge on any atom is -0.493 e. The number of ether oxygens (including phenoxy) is 1. The summed E-state index contributed by atoms with van der Waals surface area (Å²) in [5, 5.41) is 11.1. The van der Waals surface area contributed by atoms with E-state index >= 15 is 0 Å². The molecule has 2 atom stereocenters. The van der Waals surface area contributed by atoms with Gasteiger partial charge in [-0.05, 0) is 85.4 Å². The van der Waals surface area contributed by atoms with E-state index in [1.54, 1.807) is 24.4 Å². The molecule has 13 heteroatoms. The van der Waals surface area contributed by atoms with Crippen molar-refractivity contribution in [1.82, 2.24) is 25.1 Å². The Morgan fingerprint density at radius 2 is 1.92 bits per heavy atom. The molecule has 4 aromatic heterocycles. The number of amides is 1. The number of aromatic amines is 1. The third-order valence-corrected chi connectivity index (χ3v) is 11.2. The van der Waals surface area contributed by atoms with Crippen LogP contribution in [-0.4, -0.2) is 44.6 Å². The molecule has 0 unspecified atom stereocenters. The molecule has 10 nitrogen and oxygen atoms in total. The molecule has 6 aromatic rings. The van der Waals surface area contributed by atoms with Crippen LogP contribution in [0.2, 0.25) is 0 Å². The zero-order chi connectivity index (χ0) is 34.1. The third kappa shape index (κ3) is 4.90. The molecule has 0 saturated carbocycles. The number of aromatic nitrogens is 4. The molecule has 2 aromatic carbocycles. The summed E-state index contributed by atoms with van der Waals surface area (Å²) < 4.78 is 40.0. The monoisotopic (exact) mass is 692 g/mol. The van der Waals surface area contributed by atoms with Gasteiger partial charge in [0.05, 0.1) is 46.4 Å². The van der Waals surface area contributed by atoms with Crippen LogP contribution in [0, 0.1) is 11.6 Å². The number of carbonyl (C=O) groups excluding carboxylic acids is 1. The maximum atomic E-state index is 14.5. The van der Waals surface area contributed by atoms with Crippen molar-refractivity contribution in [1.29, 1.82) is 0 Å². The number of halogens is 2. The average molecular weight is 693 g/mol. The van der Waals surface area contributed by atoms with Gasteiger partial charge in [0, 0.05) is 28.7 Å². The number of hydrogen-bond donors (Lipinski definition) is 2. The number of H-pyrrole nitrogens is 1. The first-order chi connectivity index (χ1) is 24.4. The highest BCUT2D eigenvalue weighted by Gasteiger charge is 2.45. The number of aryl methyl sites for hydroxylation is 2. The van der Waals surface area contributed by atoms with Gasteiger partial charge in [0.25, 0.3) is 11.8 Å². The van der Waals surface area contributed by atoms with Crippen LogP contribution in [0.1, 0.15) is 69.8 Å². The van der Waals surface area contributed by atoms with Crippen molar-refractivity contribution in [3.8, 4) is 27.6 Å². The lowest BCUT2D eigenvalue weighted by Gasteiger charge is -2.16. The number of carbonyl (C=O) groups is 1. The van der Waals surface area contributed by atoms with Gasteiger partial charge >= 0.3 is 5.76 Å². The second-order valence-corrected chi connectivity index (χ2v) is 13.9. The number of nitrogens with one attached hydrogen (secondary N) is 2. The Hall–Kier alpha value is -5.43. The highest BCUT2D eigenvalue weighted by molar-refractivity contribution is 7.23. The lowest BCUT2D eigenvalue weighted by atomic mass is 9.93. The van der Waals surface area contributed by atoms with Crippen LogP contribution in [0.4, 0.5) is 14.6 Å². The maximum Gasteiger partial charge on any atom is 0.434 e. The van der Waals surface area contributed by atoms with Gasteiger partial charge in [-0.25, -0.2) is 23.7 Å². The molecular weight excluding hydrogens is 663 g/mol. The highest BCUT2D eigenvalue weighted by atomic mass is 32.1. The highest BCUT2D eigenvalue weighted by Crippen LogP contribution is 2.50. The first-order valence-corrected chi connectivity index (χ1v) is 17.4. The van der Waals surface area contributed by atoms with Crippen molar-refractivity contribution in [2.24, 2.45) is 0 Å². The summed E-state index contributed by atoms with van der Waals surface area (Å²) in [4.78, 5) is 39.0. The molecule has 1 fully saturated rings. The maximum absolute atomic E-state index is 14.5. The van der Waals surface area contributed by atoms with Gasteiger partial charge in [-0.2, -0.15) is 0 Å². The van der Waals surface area contributed by atoms with Crippen molar-refractivity contribution in [3.05, 3.63) is 111 Å². The molecule has 2 aliphatic heterocycles. The van der Waals surface area contributed by atoms with Crippen molar-refractivity contribution in [2.45, 2.75) is 50.6 Å². The smallest absolute Gasteiger partial charge is 0.434 e. The quantitative estimate of drug-likeness (QED) is 0.172. The first-order valence-electron chi connectivity index (χ1n) is 16.6. The largest absolute Gasteiger partial charge is 0.493 e. The van der Waals surface area contributed by atoms with E-state index in [1.165, 1.54) is 36.6 Å². The molecule has 1 saturated heterocycles. The standard InChI is InChI=1S/C37H30F2N6O4S/c1-48-32-22-10-13-24(21(22)9-11-23(32)39)42-34-33-19(14-15-40-34)17-27(50-33)29-28(35-43-44-37(47)49-35)25(12-6-18-4-7-20(38)8-5-18)41-31-26-3-2-16-45(26)36(46)30(29)31/h4-5,7-9,11,14-15,17,24,26H,2-3,6,10,12-13,16H2,1H3,(H,40,42)(H,44,47)/t24-,26-/m1/s1. The van der Waals surface area contributed by atoms with Crippen LogP contribution in [-0.2, 0) is 19.3 Å². The normalized spacial score (nSPS) is 17.7. The zero-order valence-electron chi connectivity index (χ0n) is 26.9. The number of benzene rings is 2. The summed E-state index contributed by atoms with van der Waals surface area (Å²) in [5.74, 6) is -0.523. The number of thiophene rings is 1. The number of pyridine rings is 2. The van der Waals surface area contributed by atoms with E-state index in [0.29, 0.717) is 54.0 Å². The molecule has 50 heavy (non-hydrogen) atoms. The van der Waals surface area contributed by atoms with E-state index in [1.807, 2.05) is 17.0 Å². The molecular formula is C37H30F2N6O4S. The molecule has 1 amide bonds. The number of nitrogens with zero attached hydrogens (tertiary/aromatic N) is 4. The zero-order valence-corrected chi connectivity index (χ0v) is 27.7. The molecule has 0 bridgehead atoms. The van der Waals surface area contributed by atoms with Crippen molar-refractivity contribution in [3.63, 3.8) is 0 Å². The Morgan fingerprint density at radius 1 is 1.06 bits per heavy atom. The van der Waals surface area contributed by atoms with Crippen LogP contribution < -0.4 is 15.8 Å². The Morgan fingerprint density at radius 3 is 2.72 bits per heavy atom. The summed E-state index contributed by atoms with van der Waals surface area (Å²) in [6, 6.07) is 13.3. The summed E-state index contributed by atoms with van der Waals surface area (Å²) in [6.45, 7) is 0.638. The molecule has 6 heterocycles. The number of methoxy groups -OCH3 is 1. The first kappa shape index (κ1) is 30.6. The lowest BCUT2D eigenvalue weighted by molar-refractivity contribution is 0.0776. The minimum atomic E-state index is -0.719. The van der Waals surface area contributed by atoms with Gasteiger partial charge in [0.1, 0.15) is 11.6 Å². The van der Waals surface area contributed by atoms with Crippen molar-refractivity contribution >= 4 is 33.1 Å². The number of rotatable bonds is 8. The van der Waals surface area contributed by atoms with Gasteiger partial charge in [-0.1, -0.05) is 18.2 Å². The van der Waals surface area contributed by atoms with Crippen LogP contribution in [0.25, 0.3) is 32.0 Å². The molecule has 9 rings (SSSR count). The topological polar surface area (TPSA) is 126 Å². The Bertz CT molecular complexity index is 2390. The fraction of sp³-hybridized carbons (Fsp3) is 0.270. The molecule has 252 valence electrons. The average Bonchev–Trinajstić information content (AvgIpc) is 3.96. The third-order valence-electron chi connectivity index (χ3n) is 10.1. The fourth-order valence-electron chi connectivity index (χ4n) is 7.83. The van der Waals surface area contributed by atoms with Gasteiger partial charge in [-0.3, -0.25) is 9.78 Å². The van der Waals surface area contributed by atoms with Gasteiger partial charge in [-0.15, -0.1) is 16.4 Å². The predicted octanol–water partition coefficient (Wildman–Crippen LogP) is 7.16. The molecule has 3 aliphatic rings. The number of anilines is 1. The summed E-state index contributed by atoms with van der Waals surface area (Å²) in [6.07, 6.45) is 5.82. The van der Waals surface area contributed by atoms with E-state index < -0.39 is 5.76 Å². The minimum absolute atomic E-state index is 0.0481. The molecule has 1 aliphatic carbocycles. The van der Waals surface area contributed by atoms with Gasteiger partial charge in [0.2, 0.25) is 0 Å². The van der Waals surface area contributed by atoms with E-state index in [0.717, 1.165) is 56.6 Å². The van der Waals surface area contributed by atoms with Crippen LogP contribution >= 0.6 is 11.3 Å². The van der Waals surface area contributed by atoms with Crippen LogP contribution in [0.15, 0.2) is 63.9 Å². The van der Waals surface area contributed by atoms with E-state index in [4.69, 9.17) is 19.1 Å². The Balaban J connectivity index is 1.20. The SMILES string of the molecule is COc1c(F)ccc2c1CC[C@H]2Nc1nccc2cc(-c3c4c(nc(CCc5ccc(F)cc5)c3-c3n[nH]c(=O)o3)[C@H]3CCCN3C4=O)sc12. The summed E-state index contributed by atoms with van der Waals surface area (Å²) in [7, 11) is 1.48.